The number of nitriles is 1. The van der Waals surface area contributed by atoms with Gasteiger partial charge in [0.05, 0.1) is 23.3 Å². The third-order valence-electron chi connectivity index (χ3n) is 3.55. The third kappa shape index (κ3) is 3.89. The Morgan fingerprint density at radius 3 is 2.35 bits per heavy atom. The van der Waals surface area contributed by atoms with Crippen LogP contribution in [0.15, 0.2) is 36.4 Å². The highest BCUT2D eigenvalue weighted by Gasteiger charge is 2.19. The Morgan fingerprint density at radius 2 is 1.78 bits per heavy atom. The van der Waals surface area contributed by atoms with Crippen LogP contribution in [0.4, 0.5) is 13.2 Å². The van der Waals surface area contributed by atoms with Crippen LogP contribution in [0.25, 0.3) is 0 Å². The number of benzene rings is 2. The Morgan fingerprint density at radius 1 is 1.13 bits per heavy atom. The summed E-state index contributed by atoms with van der Waals surface area (Å²) in [6.07, 6.45) is -1.40. The Bertz CT molecular complexity index is 723. The molecular weight excluding hydrogens is 305 g/mol. The van der Waals surface area contributed by atoms with Crippen molar-refractivity contribution < 1.29 is 18.3 Å². The van der Waals surface area contributed by atoms with E-state index >= 15 is 0 Å². The number of nitrogens with zero attached hydrogens (tertiary/aromatic N) is 1. The number of aliphatic hydroxyl groups is 1. The van der Waals surface area contributed by atoms with Crippen molar-refractivity contribution >= 4 is 0 Å². The van der Waals surface area contributed by atoms with Gasteiger partial charge in [-0.3, -0.25) is 0 Å². The van der Waals surface area contributed by atoms with Crippen LogP contribution in [0.3, 0.4) is 0 Å². The van der Waals surface area contributed by atoms with Crippen molar-refractivity contribution in [2.24, 2.45) is 0 Å². The van der Waals surface area contributed by atoms with Gasteiger partial charge in [-0.25, -0.2) is 13.2 Å². The molecule has 2 aromatic carbocycles. The molecule has 0 heterocycles. The van der Waals surface area contributed by atoms with E-state index in [0.29, 0.717) is 5.56 Å². The van der Waals surface area contributed by atoms with Crippen LogP contribution >= 0.6 is 0 Å². The maximum Gasteiger partial charge on any atom is 0.131 e. The molecule has 0 fully saturated rings. The second-order valence-electron chi connectivity index (χ2n) is 5.13. The van der Waals surface area contributed by atoms with E-state index in [2.05, 4.69) is 5.32 Å². The molecule has 0 aliphatic heterocycles. The van der Waals surface area contributed by atoms with E-state index in [1.807, 2.05) is 6.07 Å². The predicted molar refractivity (Wildman–Crippen MR) is 78.9 cm³/mol. The van der Waals surface area contributed by atoms with Gasteiger partial charge in [-0.1, -0.05) is 12.1 Å². The van der Waals surface area contributed by atoms with Crippen LogP contribution in [0.2, 0.25) is 0 Å². The van der Waals surface area contributed by atoms with Crippen molar-refractivity contribution in [1.29, 1.82) is 5.26 Å². The van der Waals surface area contributed by atoms with E-state index in [-0.39, 0.29) is 12.1 Å². The molecule has 0 bridgehead atoms. The summed E-state index contributed by atoms with van der Waals surface area (Å²) in [6.45, 7) is 1.49. The lowest BCUT2D eigenvalue weighted by molar-refractivity contribution is 0.161. The molecule has 0 radical (unpaired) electrons. The minimum atomic E-state index is -1.40. The minimum Gasteiger partial charge on any atom is -0.387 e. The molecule has 6 heteroatoms. The van der Waals surface area contributed by atoms with Gasteiger partial charge < -0.3 is 10.4 Å². The van der Waals surface area contributed by atoms with E-state index in [4.69, 9.17) is 5.26 Å². The summed E-state index contributed by atoms with van der Waals surface area (Å²) >= 11 is 0. The molecule has 0 aromatic heterocycles. The van der Waals surface area contributed by atoms with Gasteiger partial charge in [0.1, 0.15) is 17.5 Å². The maximum absolute atomic E-state index is 13.9. The smallest absolute Gasteiger partial charge is 0.131 e. The van der Waals surface area contributed by atoms with Crippen molar-refractivity contribution in [3.05, 3.63) is 70.5 Å². The van der Waals surface area contributed by atoms with Gasteiger partial charge in [-0.05, 0) is 31.2 Å². The topological polar surface area (TPSA) is 56.0 Å². The van der Waals surface area contributed by atoms with Crippen molar-refractivity contribution in [1.82, 2.24) is 5.32 Å². The molecule has 2 aromatic rings. The van der Waals surface area contributed by atoms with E-state index in [0.717, 1.165) is 18.2 Å². The van der Waals surface area contributed by atoms with Crippen LogP contribution in [0.5, 0.6) is 0 Å². The fourth-order valence-electron chi connectivity index (χ4n) is 2.28. The van der Waals surface area contributed by atoms with Crippen LogP contribution in [0, 0.1) is 28.8 Å². The largest absolute Gasteiger partial charge is 0.387 e. The first-order valence-corrected chi connectivity index (χ1v) is 6.99. The molecule has 0 saturated heterocycles. The number of aliphatic hydroxyl groups excluding tert-OH is 1. The average molecular weight is 320 g/mol. The summed E-state index contributed by atoms with van der Waals surface area (Å²) in [7, 11) is 0. The fourth-order valence-corrected chi connectivity index (χ4v) is 2.28. The highest BCUT2D eigenvalue weighted by atomic mass is 19.1. The summed E-state index contributed by atoms with van der Waals surface area (Å²) in [4.78, 5) is 0. The molecule has 0 saturated carbocycles. The summed E-state index contributed by atoms with van der Waals surface area (Å²) in [5.74, 6) is -2.23. The molecule has 0 amide bonds. The Balaban J connectivity index is 2.07. The van der Waals surface area contributed by atoms with Gasteiger partial charge >= 0.3 is 0 Å². The SMILES string of the molecule is CC(NCC(O)c1c(F)cccc1F)c1ccc(C#N)cc1F. The first kappa shape index (κ1) is 17.0. The molecule has 0 spiro atoms. The van der Waals surface area contributed by atoms with Gasteiger partial charge in [0, 0.05) is 18.2 Å². The number of hydrogen-bond acceptors (Lipinski definition) is 3. The Kier molecular flexibility index (Phi) is 5.37. The third-order valence-corrected chi connectivity index (χ3v) is 3.55. The van der Waals surface area contributed by atoms with Crippen molar-refractivity contribution in [2.75, 3.05) is 6.54 Å². The second-order valence-corrected chi connectivity index (χ2v) is 5.13. The number of hydrogen-bond donors (Lipinski definition) is 2. The molecule has 2 atom stereocenters. The van der Waals surface area contributed by atoms with Crippen LogP contribution in [-0.4, -0.2) is 11.7 Å². The van der Waals surface area contributed by atoms with Gasteiger partial charge in [0.25, 0.3) is 0 Å². The molecule has 3 nitrogen and oxygen atoms in total. The Hall–Kier alpha value is -2.36. The molecule has 2 N–H and O–H groups in total. The van der Waals surface area contributed by atoms with Crippen LogP contribution in [-0.2, 0) is 0 Å². The Labute approximate surface area is 132 Å². The predicted octanol–water partition coefficient (Wildman–Crippen LogP) is 3.36. The highest BCUT2D eigenvalue weighted by Crippen LogP contribution is 2.22. The lowest BCUT2D eigenvalue weighted by atomic mass is 10.0. The van der Waals surface area contributed by atoms with Crippen molar-refractivity contribution in [3.8, 4) is 6.07 Å². The van der Waals surface area contributed by atoms with E-state index in [9.17, 15) is 18.3 Å². The molecule has 23 heavy (non-hydrogen) atoms. The monoisotopic (exact) mass is 320 g/mol. The van der Waals surface area contributed by atoms with Gasteiger partial charge in [0.2, 0.25) is 0 Å². The number of halogens is 3. The summed E-state index contributed by atoms with van der Waals surface area (Å²) in [5, 5.41) is 21.5. The lowest BCUT2D eigenvalue weighted by Crippen LogP contribution is -2.26. The molecule has 0 aliphatic carbocycles. The maximum atomic E-state index is 13.9. The lowest BCUT2D eigenvalue weighted by Gasteiger charge is -2.19. The number of rotatable bonds is 5. The van der Waals surface area contributed by atoms with Gasteiger partial charge in [-0.2, -0.15) is 5.26 Å². The summed E-state index contributed by atoms with van der Waals surface area (Å²) in [5.41, 5.74) is 0.0737. The van der Waals surface area contributed by atoms with Crippen LogP contribution in [0.1, 0.15) is 35.8 Å². The summed E-state index contributed by atoms with van der Waals surface area (Å²) < 4.78 is 41.0. The zero-order chi connectivity index (χ0) is 17.0. The molecule has 0 aliphatic rings. The first-order chi connectivity index (χ1) is 10.9. The number of nitrogens with one attached hydrogen (secondary N) is 1. The fraction of sp³-hybridized carbons (Fsp3) is 0.235. The van der Waals surface area contributed by atoms with E-state index < -0.39 is 35.2 Å². The average Bonchev–Trinajstić information content (AvgIpc) is 2.52. The van der Waals surface area contributed by atoms with Gasteiger partial charge in [-0.15, -0.1) is 0 Å². The van der Waals surface area contributed by atoms with Gasteiger partial charge in [0.15, 0.2) is 0 Å². The molecule has 2 rings (SSSR count). The zero-order valence-corrected chi connectivity index (χ0v) is 12.4. The van der Waals surface area contributed by atoms with E-state index in [1.165, 1.54) is 18.2 Å². The van der Waals surface area contributed by atoms with Crippen LogP contribution < -0.4 is 5.32 Å². The van der Waals surface area contributed by atoms with Crippen molar-refractivity contribution in [2.45, 2.75) is 19.1 Å². The van der Waals surface area contributed by atoms with E-state index in [1.54, 1.807) is 6.92 Å². The zero-order valence-electron chi connectivity index (χ0n) is 12.4. The minimum absolute atomic E-state index is 0.154. The molecule has 2 unspecified atom stereocenters. The second kappa shape index (κ2) is 7.27. The summed E-state index contributed by atoms with van der Waals surface area (Å²) in [6, 6.07) is 8.71. The first-order valence-electron chi connectivity index (χ1n) is 6.99. The quantitative estimate of drug-likeness (QED) is 0.888. The molecule has 120 valence electrons. The van der Waals surface area contributed by atoms with Crippen molar-refractivity contribution in [3.63, 3.8) is 0 Å². The normalized spacial score (nSPS) is 13.4. The molecular formula is C17H15F3N2O. The standard InChI is InChI=1S/C17H15F3N2O/c1-10(12-6-5-11(8-21)7-15(12)20)22-9-16(23)17-13(18)3-2-4-14(17)19/h2-7,10,16,22-23H,9H2,1H3. The highest BCUT2D eigenvalue weighted by molar-refractivity contribution is 5.34.